The van der Waals surface area contributed by atoms with Crippen LogP contribution < -0.4 is 10.9 Å². The number of aryl methyl sites for hydroxylation is 3. The molecule has 2 heterocycles. The van der Waals surface area contributed by atoms with E-state index >= 15 is 0 Å². The van der Waals surface area contributed by atoms with Crippen molar-refractivity contribution in [1.82, 2.24) is 14.5 Å². The number of benzene rings is 2. The van der Waals surface area contributed by atoms with Gasteiger partial charge in [-0.15, -0.1) is 0 Å². The number of hydrogen-bond acceptors (Lipinski definition) is 5. The summed E-state index contributed by atoms with van der Waals surface area (Å²) in [6.07, 6.45) is 1.49. The topological polar surface area (TPSA) is 59.8 Å². The number of nitrogens with one attached hydrogen (secondary N) is 1. The summed E-state index contributed by atoms with van der Waals surface area (Å²) in [5, 5.41) is 4.42. The zero-order valence-electron chi connectivity index (χ0n) is 15.1. The van der Waals surface area contributed by atoms with Crippen molar-refractivity contribution in [2.75, 3.05) is 5.32 Å². The average molecular weight is 397 g/mol. The van der Waals surface area contributed by atoms with Crippen molar-refractivity contribution in [1.29, 1.82) is 0 Å². The zero-order valence-corrected chi connectivity index (χ0v) is 16.6. The third-order valence-electron chi connectivity index (χ3n) is 4.22. The van der Waals surface area contributed by atoms with Gasteiger partial charge in [0.15, 0.2) is 10.8 Å². The zero-order chi connectivity index (χ0) is 19.1. The van der Waals surface area contributed by atoms with Crippen molar-refractivity contribution in [2.45, 2.75) is 20.8 Å². The Kier molecular flexibility index (Phi) is 4.45. The van der Waals surface area contributed by atoms with E-state index in [2.05, 4.69) is 21.4 Å². The van der Waals surface area contributed by atoms with Crippen LogP contribution in [-0.4, -0.2) is 14.5 Å². The SMILES string of the molecule is Cc1cc(C)cc(Nc2nc3ncn(-c4c(C)cccc4Cl)c(=O)c3s2)c1. The maximum Gasteiger partial charge on any atom is 0.277 e. The van der Waals surface area contributed by atoms with Crippen LogP contribution in [-0.2, 0) is 0 Å². The molecule has 27 heavy (non-hydrogen) atoms. The van der Waals surface area contributed by atoms with Crippen LogP contribution in [0.2, 0.25) is 5.02 Å². The van der Waals surface area contributed by atoms with Gasteiger partial charge >= 0.3 is 0 Å². The summed E-state index contributed by atoms with van der Waals surface area (Å²) >= 11 is 7.61. The highest BCUT2D eigenvalue weighted by Gasteiger charge is 2.15. The second-order valence-electron chi connectivity index (χ2n) is 6.50. The molecule has 0 radical (unpaired) electrons. The highest BCUT2D eigenvalue weighted by molar-refractivity contribution is 7.22. The first-order valence-electron chi connectivity index (χ1n) is 8.41. The minimum absolute atomic E-state index is 0.179. The van der Waals surface area contributed by atoms with E-state index in [0.717, 1.165) is 22.4 Å². The van der Waals surface area contributed by atoms with E-state index in [1.165, 1.54) is 22.2 Å². The van der Waals surface area contributed by atoms with Gasteiger partial charge in [0.1, 0.15) is 11.0 Å². The number of para-hydroxylation sites is 1. The Morgan fingerprint density at radius 1 is 1.11 bits per heavy atom. The normalized spacial score (nSPS) is 11.1. The molecule has 0 aliphatic carbocycles. The van der Waals surface area contributed by atoms with Gasteiger partial charge in [0.25, 0.3) is 5.56 Å². The number of nitrogens with zero attached hydrogens (tertiary/aromatic N) is 3. The van der Waals surface area contributed by atoms with E-state index in [4.69, 9.17) is 11.6 Å². The molecule has 0 atom stereocenters. The lowest BCUT2D eigenvalue weighted by molar-refractivity contribution is 0.952. The highest BCUT2D eigenvalue weighted by atomic mass is 35.5. The molecular formula is C20H17ClN4OS. The Balaban J connectivity index is 1.80. The molecule has 0 spiro atoms. The third kappa shape index (κ3) is 3.34. The van der Waals surface area contributed by atoms with Crippen molar-refractivity contribution in [3.05, 3.63) is 74.8 Å². The summed E-state index contributed by atoms with van der Waals surface area (Å²) in [5.74, 6) is 0. The Morgan fingerprint density at radius 2 is 1.85 bits per heavy atom. The molecule has 4 aromatic rings. The molecule has 7 heteroatoms. The fraction of sp³-hybridized carbons (Fsp3) is 0.150. The van der Waals surface area contributed by atoms with Crippen molar-refractivity contribution in [3.8, 4) is 5.69 Å². The standard InChI is InChI=1S/C20H17ClN4OS/c1-11-7-12(2)9-14(8-11)23-20-24-18-17(27-20)19(26)25(10-22-18)16-13(3)5-4-6-15(16)21/h4-10H,1-3H3,(H,23,24). The number of thiazole rings is 1. The fourth-order valence-electron chi connectivity index (χ4n) is 3.12. The lowest BCUT2D eigenvalue weighted by Crippen LogP contribution is -2.19. The molecule has 2 aromatic heterocycles. The number of halogens is 1. The molecule has 136 valence electrons. The maximum absolute atomic E-state index is 13.0. The van der Waals surface area contributed by atoms with Crippen LogP contribution in [0.3, 0.4) is 0 Å². The van der Waals surface area contributed by atoms with Gasteiger partial charge in [0.05, 0.1) is 10.7 Å². The van der Waals surface area contributed by atoms with Gasteiger partial charge in [0, 0.05) is 5.69 Å². The molecular weight excluding hydrogens is 380 g/mol. The van der Waals surface area contributed by atoms with Crippen LogP contribution >= 0.6 is 22.9 Å². The molecule has 0 unspecified atom stereocenters. The van der Waals surface area contributed by atoms with Crippen LogP contribution in [0.4, 0.5) is 10.8 Å². The fourth-order valence-corrected chi connectivity index (χ4v) is 4.31. The average Bonchev–Trinajstić information content (AvgIpc) is 2.99. The van der Waals surface area contributed by atoms with E-state index in [1.54, 1.807) is 6.07 Å². The van der Waals surface area contributed by atoms with Crippen LogP contribution in [0.15, 0.2) is 47.5 Å². The highest BCUT2D eigenvalue weighted by Crippen LogP contribution is 2.28. The predicted molar refractivity (Wildman–Crippen MR) is 112 cm³/mol. The van der Waals surface area contributed by atoms with Gasteiger partial charge in [-0.3, -0.25) is 9.36 Å². The van der Waals surface area contributed by atoms with Gasteiger partial charge < -0.3 is 5.32 Å². The molecule has 0 aliphatic rings. The maximum atomic E-state index is 13.0. The quantitative estimate of drug-likeness (QED) is 0.519. The van der Waals surface area contributed by atoms with E-state index in [1.807, 2.05) is 45.0 Å². The lowest BCUT2D eigenvalue weighted by Gasteiger charge is -2.10. The molecule has 2 aromatic carbocycles. The van der Waals surface area contributed by atoms with Crippen molar-refractivity contribution in [2.24, 2.45) is 0 Å². The molecule has 5 nitrogen and oxygen atoms in total. The van der Waals surface area contributed by atoms with Gasteiger partial charge in [-0.05, 0) is 55.7 Å². The second kappa shape index (κ2) is 6.79. The number of hydrogen-bond donors (Lipinski definition) is 1. The van der Waals surface area contributed by atoms with Crippen LogP contribution in [0.1, 0.15) is 16.7 Å². The number of anilines is 2. The van der Waals surface area contributed by atoms with Crippen molar-refractivity contribution >= 4 is 44.1 Å². The number of rotatable bonds is 3. The Morgan fingerprint density at radius 3 is 2.56 bits per heavy atom. The lowest BCUT2D eigenvalue weighted by atomic mass is 10.1. The van der Waals surface area contributed by atoms with Crippen LogP contribution in [0, 0.1) is 20.8 Å². The van der Waals surface area contributed by atoms with E-state index in [-0.39, 0.29) is 5.56 Å². The van der Waals surface area contributed by atoms with Crippen molar-refractivity contribution in [3.63, 3.8) is 0 Å². The molecule has 0 saturated carbocycles. The van der Waals surface area contributed by atoms with Crippen molar-refractivity contribution < 1.29 is 0 Å². The summed E-state index contributed by atoms with van der Waals surface area (Å²) in [5.41, 5.74) is 5.06. The molecule has 4 rings (SSSR count). The third-order valence-corrected chi connectivity index (χ3v) is 5.47. The monoisotopic (exact) mass is 396 g/mol. The molecule has 0 aliphatic heterocycles. The Hall–Kier alpha value is -2.70. The second-order valence-corrected chi connectivity index (χ2v) is 7.90. The first-order valence-corrected chi connectivity index (χ1v) is 9.61. The van der Waals surface area contributed by atoms with E-state index < -0.39 is 0 Å². The van der Waals surface area contributed by atoms with Gasteiger partial charge in [0.2, 0.25) is 0 Å². The van der Waals surface area contributed by atoms with Gasteiger partial charge in [-0.2, -0.15) is 4.98 Å². The minimum atomic E-state index is -0.179. The predicted octanol–water partition coefficient (Wildman–Crippen LogP) is 5.16. The molecule has 1 N–H and O–H groups in total. The summed E-state index contributed by atoms with van der Waals surface area (Å²) in [4.78, 5) is 21.8. The number of fused-ring (bicyclic) bond motifs is 1. The van der Waals surface area contributed by atoms with Crippen LogP contribution in [0.5, 0.6) is 0 Å². The van der Waals surface area contributed by atoms with Crippen LogP contribution in [0.25, 0.3) is 16.0 Å². The summed E-state index contributed by atoms with van der Waals surface area (Å²) in [7, 11) is 0. The first-order chi connectivity index (χ1) is 12.9. The molecule has 0 amide bonds. The largest absolute Gasteiger partial charge is 0.331 e. The van der Waals surface area contributed by atoms with Gasteiger partial charge in [-0.1, -0.05) is 41.1 Å². The molecule has 0 bridgehead atoms. The molecule has 0 saturated heterocycles. The van der Waals surface area contributed by atoms with Gasteiger partial charge in [-0.25, -0.2) is 4.98 Å². The van der Waals surface area contributed by atoms with E-state index in [9.17, 15) is 4.79 Å². The smallest absolute Gasteiger partial charge is 0.277 e. The summed E-state index contributed by atoms with van der Waals surface area (Å²) < 4.78 is 1.97. The Bertz CT molecular complexity index is 1190. The van der Waals surface area contributed by atoms with E-state index in [0.29, 0.717) is 26.2 Å². The minimum Gasteiger partial charge on any atom is -0.331 e. The number of aromatic nitrogens is 3. The summed E-state index contributed by atoms with van der Waals surface area (Å²) in [6, 6.07) is 11.7. The molecule has 0 fully saturated rings. The first kappa shape index (κ1) is 17.7. The summed E-state index contributed by atoms with van der Waals surface area (Å²) in [6.45, 7) is 6.00. The Labute approximate surface area is 165 Å².